The molecule has 0 aliphatic rings. The van der Waals surface area contributed by atoms with Crippen molar-refractivity contribution in [2.45, 2.75) is 26.4 Å². The summed E-state index contributed by atoms with van der Waals surface area (Å²) in [6, 6.07) is 1.52. The van der Waals surface area contributed by atoms with Gasteiger partial charge in [-0.2, -0.15) is 5.10 Å². The number of hydrogen-bond donors (Lipinski definition) is 3. The second-order valence-corrected chi connectivity index (χ2v) is 5.21. The first-order valence-corrected chi connectivity index (χ1v) is 6.30. The molecule has 9 heteroatoms. The maximum atomic E-state index is 11.6. The summed E-state index contributed by atoms with van der Waals surface area (Å²) >= 11 is 0. The maximum absolute atomic E-state index is 11.6. The average Bonchev–Trinajstić information content (AvgIpc) is 2.69. The summed E-state index contributed by atoms with van der Waals surface area (Å²) in [6.45, 7) is 5.70. The van der Waals surface area contributed by atoms with Gasteiger partial charge in [0.25, 0.3) is 0 Å². The Kier molecular flexibility index (Phi) is 5.68. The first-order chi connectivity index (χ1) is 9.73. The van der Waals surface area contributed by atoms with Crippen LogP contribution < -0.4 is 16.0 Å². The summed E-state index contributed by atoms with van der Waals surface area (Å²) in [4.78, 5) is 16.0. The van der Waals surface area contributed by atoms with Crippen LogP contribution in [0, 0.1) is 5.41 Å². The summed E-state index contributed by atoms with van der Waals surface area (Å²) in [5.41, 5.74) is -0.377. The van der Waals surface area contributed by atoms with Crippen LogP contribution in [0.4, 0.5) is 4.79 Å². The van der Waals surface area contributed by atoms with Crippen LogP contribution in [0.15, 0.2) is 6.07 Å². The molecule has 1 heterocycles. The van der Waals surface area contributed by atoms with Crippen LogP contribution in [-0.4, -0.2) is 40.5 Å². The van der Waals surface area contributed by atoms with Crippen LogP contribution in [0.3, 0.4) is 0 Å². The number of rotatable bonds is 5. The molecule has 1 rings (SSSR count). The van der Waals surface area contributed by atoms with E-state index in [0.717, 1.165) is 0 Å². The minimum atomic E-state index is -0.711. The van der Waals surface area contributed by atoms with Crippen molar-refractivity contribution >= 4 is 11.9 Å². The number of aryl methyl sites for hydroxylation is 1. The molecular formula is C12H21N5O4. The van der Waals surface area contributed by atoms with Gasteiger partial charge in [-0.1, -0.05) is 0 Å². The van der Waals surface area contributed by atoms with Crippen molar-refractivity contribution in [1.29, 1.82) is 5.41 Å². The lowest BCUT2D eigenvalue weighted by atomic mass is 10.2. The van der Waals surface area contributed by atoms with E-state index in [0.29, 0.717) is 5.88 Å². The van der Waals surface area contributed by atoms with Crippen molar-refractivity contribution in [3.8, 4) is 5.88 Å². The molecule has 1 aromatic rings. The smallest absolute Gasteiger partial charge is 0.413 e. The van der Waals surface area contributed by atoms with Gasteiger partial charge >= 0.3 is 6.09 Å². The Balaban J connectivity index is 2.62. The molecule has 0 radical (unpaired) electrons. The first-order valence-electron chi connectivity index (χ1n) is 6.30. The van der Waals surface area contributed by atoms with E-state index < -0.39 is 11.7 Å². The zero-order valence-electron chi connectivity index (χ0n) is 12.6. The maximum Gasteiger partial charge on any atom is 0.413 e. The molecule has 0 spiro atoms. The molecule has 0 saturated carbocycles. The van der Waals surface area contributed by atoms with Crippen LogP contribution in [0.25, 0.3) is 0 Å². The summed E-state index contributed by atoms with van der Waals surface area (Å²) < 4.78 is 11.8. The molecule has 0 aliphatic carbocycles. The van der Waals surface area contributed by atoms with Gasteiger partial charge in [0, 0.05) is 13.1 Å². The Morgan fingerprint density at radius 3 is 2.71 bits per heavy atom. The van der Waals surface area contributed by atoms with Crippen molar-refractivity contribution in [1.82, 2.24) is 15.1 Å². The Bertz CT molecular complexity index is 506. The Hall–Kier alpha value is -2.13. The van der Waals surface area contributed by atoms with E-state index in [2.05, 4.69) is 15.3 Å². The SMILES string of the molecule is Cn1nc(C(=N)NC(=O)OC(C)(C)C)cc1OCCON. The second kappa shape index (κ2) is 7.04. The lowest BCUT2D eigenvalue weighted by Gasteiger charge is -2.19. The lowest BCUT2D eigenvalue weighted by molar-refractivity contribution is 0.0563. The van der Waals surface area contributed by atoms with E-state index in [1.54, 1.807) is 27.8 Å². The third-order valence-electron chi connectivity index (χ3n) is 2.17. The number of aromatic nitrogens is 2. The molecule has 0 aromatic carbocycles. The van der Waals surface area contributed by atoms with E-state index in [1.165, 1.54) is 10.7 Å². The van der Waals surface area contributed by atoms with Gasteiger partial charge in [-0.25, -0.2) is 15.4 Å². The van der Waals surface area contributed by atoms with Crippen LogP contribution in [-0.2, 0) is 16.6 Å². The first kappa shape index (κ1) is 16.9. The minimum absolute atomic E-state index is 0.176. The predicted octanol–water partition coefficient (Wildman–Crippen LogP) is 0.539. The number of carbonyl (C=O) groups excluding carboxylic acids is 1. The van der Waals surface area contributed by atoms with E-state index >= 15 is 0 Å². The molecule has 0 atom stereocenters. The molecule has 0 unspecified atom stereocenters. The molecular weight excluding hydrogens is 278 g/mol. The fraction of sp³-hybridized carbons (Fsp3) is 0.583. The minimum Gasteiger partial charge on any atom is -0.475 e. The fourth-order valence-electron chi connectivity index (χ4n) is 1.37. The number of nitrogens with two attached hydrogens (primary N) is 1. The van der Waals surface area contributed by atoms with Gasteiger partial charge in [-0.15, -0.1) is 0 Å². The number of amidine groups is 1. The molecule has 9 nitrogen and oxygen atoms in total. The molecule has 0 fully saturated rings. The topological polar surface area (TPSA) is 124 Å². The van der Waals surface area contributed by atoms with Gasteiger partial charge in [0.05, 0.1) is 0 Å². The van der Waals surface area contributed by atoms with Gasteiger partial charge in [-0.3, -0.25) is 10.7 Å². The normalized spacial score (nSPS) is 11.1. The van der Waals surface area contributed by atoms with Crippen molar-refractivity contribution in [2.75, 3.05) is 13.2 Å². The standard InChI is InChI=1S/C12H21N5O4/c1-12(2,3)21-11(18)15-10(13)8-7-9(17(4)16-8)19-5-6-20-14/h7H,5-6,14H2,1-4H3,(H2,13,15,18). The zero-order chi connectivity index (χ0) is 16.0. The van der Waals surface area contributed by atoms with Crippen molar-refractivity contribution in [3.63, 3.8) is 0 Å². The summed E-state index contributed by atoms with van der Waals surface area (Å²) in [5, 5.41) is 14.2. The summed E-state index contributed by atoms with van der Waals surface area (Å²) in [5.74, 6) is 5.14. The third-order valence-corrected chi connectivity index (χ3v) is 2.17. The van der Waals surface area contributed by atoms with Crippen molar-refractivity contribution in [3.05, 3.63) is 11.8 Å². The highest BCUT2D eigenvalue weighted by molar-refractivity contribution is 6.03. The molecule has 0 aliphatic heterocycles. The quantitative estimate of drug-likeness (QED) is 0.315. The number of carbonyl (C=O) groups is 1. The summed E-state index contributed by atoms with van der Waals surface area (Å²) in [7, 11) is 1.66. The largest absolute Gasteiger partial charge is 0.475 e. The number of ether oxygens (including phenoxy) is 2. The van der Waals surface area contributed by atoms with Crippen LogP contribution >= 0.6 is 0 Å². The molecule has 1 aromatic heterocycles. The van der Waals surface area contributed by atoms with Gasteiger partial charge < -0.3 is 14.3 Å². The summed E-state index contributed by atoms with van der Waals surface area (Å²) in [6.07, 6.45) is -0.711. The molecule has 21 heavy (non-hydrogen) atoms. The molecule has 4 N–H and O–H groups in total. The number of amides is 1. The second-order valence-electron chi connectivity index (χ2n) is 5.21. The van der Waals surface area contributed by atoms with Crippen LogP contribution in [0.2, 0.25) is 0 Å². The Morgan fingerprint density at radius 1 is 1.48 bits per heavy atom. The van der Waals surface area contributed by atoms with E-state index in [4.69, 9.17) is 20.8 Å². The molecule has 118 valence electrons. The fourth-order valence-corrected chi connectivity index (χ4v) is 1.37. The van der Waals surface area contributed by atoms with Crippen molar-refractivity contribution in [2.24, 2.45) is 12.9 Å². The lowest BCUT2D eigenvalue weighted by Crippen LogP contribution is -2.36. The zero-order valence-corrected chi connectivity index (χ0v) is 12.6. The molecule has 0 bridgehead atoms. The van der Waals surface area contributed by atoms with E-state index in [9.17, 15) is 4.79 Å². The number of hydrogen-bond acceptors (Lipinski definition) is 7. The Morgan fingerprint density at radius 2 is 2.14 bits per heavy atom. The molecule has 1 amide bonds. The number of alkyl carbamates (subject to hydrolysis) is 1. The van der Waals surface area contributed by atoms with Crippen LogP contribution in [0.1, 0.15) is 26.5 Å². The number of nitrogens with zero attached hydrogens (tertiary/aromatic N) is 2. The van der Waals surface area contributed by atoms with Crippen LogP contribution in [0.5, 0.6) is 5.88 Å². The van der Waals surface area contributed by atoms with E-state index in [1.807, 2.05) is 0 Å². The number of nitrogens with one attached hydrogen (secondary N) is 2. The highest BCUT2D eigenvalue weighted by Crippen LogP contribution is 2.12. The molecule has 0 saturated heterocycles. The highest BCUT2D eigenvalue weighted by Gasteiger charge is 2.19. The van der Waals surface area contributed by atoms with E-state index in [-0.39, 0.29) is 24.7 Å². The third kappa shape index (κ3) is 5.79. The van der Waals surface area contributed by atoms with Gasteiger partial charge in [0.2, 0.25) is 5.88 Å². The monoisotopic (exact) mass is 299 g/mol. The highest BCUT2D eigenvalue weighted by atomic mass is 16.6. The van der Waals surface area contributed by atoms with Gasteiger partial charge in [0.1, 0.15) is 24.5 Å². The van der Waals surface area contributed by atoms with Gasteiger partial charge in [0.15, 0.2) is 5.84 Å². The van der Waals surface area contributed by atoms with Gasteiger partial charge in [-0.05, 0) is 20.8 Å². The Labute approximate surface area is 122 Å². The predicted molar refractivity (Wildman–Crippen MR) is 75.0 cm³/mol. The average molecular weight is 299 g/mol. The van der Waals surface area contributed by atoms with Crippen molar-refractivity contribution < 1.29 is 19.1 Å².